The first-order valence-corrected chi connectivity index (χ1v) is 15.7. The Morgan fingerprint density at radius 3 is 1.51 bits per heavy atom. The maximum absolute atomic E-state index is 6.94. The standard InChI is InChI=1S/C16H13.C16H14.C4H10N.C2H6Si.Ti/c1-12-10-14-8-5-9-15(16(14)11-12)13-6-3-2-4-7-13;1-3-9-15(10-4-1)13-7-8-14-16-11-5-2-6-12-16;1-4(2,3)5;1-3-2;/h2-11H,1H3;1-14H;5H,1-3H3;1-2H3;/q-1;;-1;;+2. The van der Waals surface area contributed by atoms with Crippen LogP contribution in [0, 0.1) is 6.92 Å². The Labute approximate surface area is 266 Å². The van der Waals surface area contributed by atoms with Crippen molar-refractivity contribution in [3.05, 3.63) is 156 Å². The molecule has 1 N–H and O–H groups in total. The van der Waals surface area contributed by atoms with Gasteiger partial charge in [-0.1, -0.05) is 168 Å². The van der Waals surface area contributed by atoms with Gasteiger partial charge in [-0.2, -0.15) is 6.07 Å². The molecule has 0 aliphatic carbocycles. The normalized spacial score (nSPS) is 10.5. The van der Waals surface area contributed by atoms with Gasteiger partial charge < -0.3 is 5.73 Å². The third-order valence-corrected chi connectivity index (χ3v) is 5.27. The number of nitrogens with one attached hydrogen (secondary N) is 1. The van der Waals surface area contributed by atoms with Gasteiger partial charge in [0.15, 0.2) is 0 Å². The Kier molecular flexibility index (Phi) is 17.4. The Morgan fingerprint density at radius 2 is 1.07 bits per heavy atom. The molecular weight excluding hydrogens is 546 g/mol. The van der Waals surface area contributed by atoms with Gasteiger partial charge in [0.25, 0.3) is 0 Å². The molecule has 0 atom stereocenters. The molecule has 0 fully saturated rings. The minimum Gasteiger partial charge on any atom is -0.673 e. The van der Waals surface area contributed by atoms with Gasteiger partial charge in [-0.05, 0) is 16.7 Å². The zero-order valence-electron chi connectivity index (χ0n) is 25.4. The van der Waals surface area contributed by atoms with Crippen molar-refractivity contribution in [3.63, 3.8) is 0 Å². The quantitative estimate of drug-likeness (QED) is 0.113. The first-order valence-electron chi connectivity index (χ1n) is 13.7. The van der Waals surface area contributed by atoms with E-state index in [1.54, 1.807) is 0 Å². The van der Waals surface area contributed by atoms with Gasteiger partial charge in [0.1, 0.15) is 0 Å². The van der Waals surface area contributed by atoms with Crippen LogP contribution < -0.4 is 0 Å². The molecule has 0 amide bonds. The first-order chi connectivity index (χ1) is 19.2. The van der Waals surface area contributed by atoms with Crippen LogP contribution in [0.5, 0.6) is 0 Å². The van der Waals surface area contributed by atoms with Crippen molar-refractivity contribution in [3.8, 4) is 11.1 Å². The second-order valence-corrected chi connectivity index (χ2v) is 11.5. The van der Waals surface area contributed by atoms with Crippen LogP contribution in [-0.2, 0) is 21.7 Å². The van der Waals surface area contributed by atoms with E-state index >= 15 is 0 Å². The molecule has 0 aliphatic heterocycles. The van der Waals surface area contributed by atoms with Gasteiger partial charge >= 0.3 is 21.7 Å². The van der Waals surface area contributed by atoms with Crippen molar-refractivity contribution < 1.29 is 21.7 Å². The van der Waals surface area contributed by atoms with E-state index < -0.39 is 0 Å². The summed E-state index contributed by atoms with van der Waals surface area (Å²) in [6, 6.07) is 42.1. The predicted molar refractivity (Wildman–Crippen MR) is 182 cm³/mol. The van der Waals surface area contributed by atoms with Crippen LogP contribution in [0.1, 0.15) is 37.5 Å². The third-order valence-electron chi connectivity index (χ3n) is 5.27. The summed E-state index contributed by atoms with van der Waals surface area (Å²) in [6.07, 6.45) is 8.31. The zero-order chi connectivity index (χ0) is 29.2. The van der Waals surface area contributed by atoms with Crippen molar-refractivity contribution in [2.24, 2.45) is 0 Å². The van der Waals surface area contributed by atoms with E-state index in [-0.39, 0.29) is 27.3 Å². The minimum atomic E-state index is -0.250. The average molecular weight is 590 g/mol. The Bertz CT molecular complexity index is 1360. The van der Waals surface area contributed by atoms with Crippen molar-refractivity contribution in [2.75, 3.05) is 0 Å². The second-order valence-electron chi connectivity index (χ2n) is 10.5. The van der Waals surface area contributed by atoms with Crippen LogP contribution in [0.2, 0.25) is 13.1 Å². The maximum Gasteiger partial charge on any atom is 2.00 e. The number of benzene rings is 4. The number of allylic oxidation sites excluding steroid dienone is 2. The molecule has 0 unspecified atom stereocenters. The van der Waals surface area contributed by atoms with Gasteiger partial charge in [-0.25, -0.2) is 0 Å². The Balaban J connectivity index is 0.000000321. The van der Waals surface area contributed by atoms with Crippen LogP contribution in [0.15, 0.2) is 133 Å². The summed E-state index contributed by atoms with van der Waals surface area (Å²) >= 11 is 0. The summed E-state index contributed by atoms with van der Waals surface area (Å²) in [7, 11) is 1.08. The van der Waals surface area contributed by atoms with Crippen LogP contribution in [0.3, 0.4) is 0 Å². The summed E-state index contributed by atoms with van der Waals surface area (Å²) in [4.78, 5) is 0. The fourth-order valence-electron chi connectivity index (χ4n) is 3.72. The van der Waals surface area contributed by atoms with Crippen LogP contribution in [-0.4, -0.2) is 15.1 Å². The number of fused-ring (bicyclic) bond motifs is 1. The van der Waals surface area contributed by atoms with Crippen LogP contribution in [0.25, 0.3) is 39.8 Å². The topological polar surface area (TPSA) is 23.8 Å². The molecule has 208 valence electrons. The minimum absolute atomic E-state index is 0. The van der Waals surface area contributed by atoms with Gasteiger partial charge in [0.05, 0.1) is 0 Å². The summed E-state index contributed by atoms with van der Waals surface area (Å²) in [5.41, 5.74) is 13.1. The predicted octanol–water partition coefficient (Wildman–Crippen LogP) is 11.6. The molecule has 5 aromatic carbocycles. The van der Waals surface area contributed by atoms with Crippen molar-refractivity contribution in [2.45, 2.75) is 46.3 Å². The summed E-state index contributed by atoms with van der Waals surface area (Å²) in [5.74, 6) is 0. The summed E-state index contributed by atoms with van der Waals surface area (Å²) in [6.45, 7) is 12.0. The van der Waals surface area contributed by atoms with Gasteiger partial charge in [-0.15, -0.1) is 40.1 Å². The van der Waals surface area contributed by atoms with Gasteiger partial charge in [0.2, 0.25) is 0 Å². The fourth-order valence-corrected chi connectivity index (χ4v) is 3.72. The summed E-state index contributed by atoms with van der Waals surface area (Å²) < 4.78 is 0. The van der Waals surface area contributed by atoms with Gasteiger partial charge in [0, 0.05) is 9.52 Å². The molecule has 1 nitrogen and oxygen atoms in total. The fraction of sp³-hybridized carbons (Fsp3) is 0.184. The van der Waals surface area contributed by atoms with E-state index in [1.165, 1.54) is 38.6 Å². The van der Waals surface area contributed by atoms with Crippen LogP contribution >= 0.6 is 0 Å². The molecule has 3 heteroatoms. The maximum atomic E-state index is 6.94. The molecule has 5 aromatic rings. The summed E-state index contributed by atoms with van der Waals surface area (Å²) in [5, 5.41) is 2.69. The molecular formula is C38H43NSiTi. The Morgan fingerprint density at radius 1 is 0.659 bits per heavy atom. The van der Waals surface area contributed by atoms with E-state index in [1.807, 2.05) is 57.2 Å². The molecule has 2 radical (unpaired) electrons. The zero-order valence-corrected chi connectivity index (χ0v) is 27.9. The van der Waals surface area contributed by atoms with E-state index in [9.17, 15) is 0 Å². The number of aryl methyl sites for hydroxylation is 1. The monoisotopic (exact) mass is 589 g/mol. The molecule has 0 heterocycles. The number of hydrogen-bond acceptors (Lipinski definition) is 0. The molecule has 0 saturated heterocycles. The molecule has 41 heavy (non-hydrogen) atoms. The smallest absolute Gasteiger partial charge is 0.673 e. The molecule has 0 bridgehead atoms. The van der Waals surface area contributed by atoms with Crippen molar-refractivity contribution in [1.82, 2.24) is 0 Å². The van der Waals surface area contributed by atoms with Crippen LogP contribution in [0.4, 0.5) is 0 Å². The largest absolute Gasteiger partial charge is 2.00 e. The molecule has 0 saturated carbocycles. The van der Waals surface area contributed by atoms with E-state index in [2.05, 4.69) is 129 Å². The second kappa shape index (κ2) is 19.9. The average Bonchev–Trinajstić information content (AvgIpc) is 3.33. The molecule has 5 rings (SSSR count). The molecule has 0 spiro atoms. The van der Waals surface area contributed by atoms with E-state index in [4.69, 9.17) is 5.73 Å². The van der Waals surface area contributed by atoms with Crippen molar-refractivity contribution >= 4 is 32.4 Å². The Hall–Kier alpha value is -3.14. The number of rotatable bonds is 4. The van der Waals surface area contributed by atoms with E-state index in [0.717, 1.165) is 9.52 Å². The SMILES string of the molecule is C(C=Cc1ccccc1)=Cc1ccccc1.CC(C)(C)[NH-].C[Si]C.Cc1cc2c(-c3ccccc3)cccc2[cH-]1.[Ti+2]. The van der Waals surface area contributed by atoms with Crippen molar-refractivity contribution in [1.29, 1.82) is 0 Å². The molecule has 0 aliphatic rings. The van der Waals surface area contributed by atoms with Gasteiger partial charge in [-0.3, -0.25) is 0 Å². The number of hydrogen-bond donors (Lipinski definition) is 0. The third kappa shape index (κ3) is 15.4. The van der Waals surface area contributed by atoms with E-state index in [0.29, 0.717) is 0 Å². The first kappa shape index (κ1) is 35.9. The molecule has 0 aromatic heterocycles.